The molecule has 1 unspecified atom stereocenters. The van der Waals surface area contributed by atoms with Crippen molar-refractivity contribution < 1.29 is 5.11 Å². The van der Waals surface area contributed by atoms with E-state index in [1.54, 1.807) is 6.92 Å². The van der Waals surface area contributed by atoms with Crippen LogP contribution in [-0.2, 0) is 0 Å². The van der Waals surface area contributed by atoms with Crippen LogP contribution in [0.3, 0.4) is 0 Å². The van der Waals surface area contributed by atoms with Crippen molar-refractivity contribution in [2.24, 2.45) is 0 Å². The van der Waals surface area contributed by atoms with Crippen LogP contribution >= 0.6 is 0 Å². The molecule has 2 N–H and O–H groups in total. The number of aliphatic hydroxyl groups is 1. The van der Waals surface area contributed by atoms with E-state index in [4.69, 9.17) is 0 Å². The van der Waals surface area contributed by atoms with Crippen LogP contribution in [0.15, 0.2) is 12.7 Å². The molecule has 0 saturated carbocycles. The SMILES string of the molecule is C=CC#CC(C)(O)CNCC. The fourth-order valence-electron chi connectivity index (χ4n) is 0.619. The zero-order chi connectivity index (χ0) is 8.74. The molecule has 1 atom stereocenters. The van der Waals surface area contributed by atoms with Gasteiger partial charge in [-0.1, -0.05) is 25.3 Å². The highest BCUT2D eigenvalue weighted by molar-refractivity contribution is 5.20. The number of rotatable bonds is 3. The lowest BCUT2D eigenvalue weighted by Crippen LogP contribution is -2.36. The quantitative estimate of drug-likeness (QED) is 0.580. The summed E-state index contributed by atoms with van der Waals surface area (Å²) in [5, 5.41) is 12.5. The van der Waals surface area contributed by atoms with Gasteiger partial charge in [-0.05, 0) is 19.5 Å². The molecule has 0 amide bonds. The van der Waals surface area contributed by atoms with Gasteiger partial charge in [0.05, 0.1) is 0 Å². The maximum Gasteiger partial charge on any atom is 0.135 e. The standard InChI is InChI=1S/C9H15NO/c1-4-6-7-9(3,11)8-10-5-2/h4,10-11H,1,5,8H2,2-3H3. The fraction of sp³-hybridized carbons (Fsp3) is 0.556. The minimum Gasteiger partial charge on any atom is -0.377 e. The fourth-order valence-corrected chi connectivity index (χ4v) is 0.619. The first-order chi connectivity index (χ1) is 5.12. The second-order valence-corrected chi connectivity index (χ2v) is 2.53. The number of hydrogen-bond acceptors (Lipinski definition) is 2. The van der Waals surface area contributed by atoms with Gasteiger partial charge >= 0.3 is 0 Å². The third-order valence-electron chi connectivity index (χ3n) is 1.16. The van der Waals surface area contributed by atoms with Crippen LogP contribution in [-0.4, -0.2) is 23.8 Å². The first kappa shape index (κ1) is 10.2. The van der Waals surface area contributed by atoms with Crippen LogP contribution < -0.4 is 5.32 Å². The third kappa shape index (κ3) is 5.65. The molecule has 62 valence electrons. The molecule has 0 aliphatic carbocycles. The summed E-state index contributed by atoms with van der Waals surface area (Å²) in [5.41, 5.74) is -0.940. The van der Waals surface area contributed by atoms with E-state index >= 15 is 0 Å². The molecular formula is C9H15NO. The van der Waals surface area contributed by atoms with E-state index in [0.29, 0.717) is 6.54 Å². The molecule has 11 heavy (non-hydrogen) atoms. The molecule has 0 saturated heterocycles. The minimum absolute atomic E-state index is 0.490. The zero-order valence-corrected chi connectivity index (χ0v) is 7.15. The van der Waals surface area contributed by atoms with Gasteiger partial charge in [0.15, 0.2) is 0 Å². The maximum absolute atomic E-state index is 9.49. The summed E-state index contributed by atoms with van der Waals surface area (Å²) < 4.78 is 0. The maximum atomic E-state index is 9.49. The van der Waals surface area contributed by atoms with Crippen LogP contribution in [0.2, 0.25) is 0 Å². The third-order valence-corrected chi connectivity index (χ3v) is 1.16. The van der Waals surface area contributed by atoms with Gasteiger partial charge in [-0.15, -0.1) is 0 Å². The van der Waals surface area contributed by atoms with E-state index in [0.717, 1.165) is 6.54 Å². The number of likely N-dealkylation sites (N-methyl/N-ethyl adjacent to an activating group) is 1. The summed E-state index contributed by atoms with van der Waals surface area (Å²) in [4.78, 5) is 0. The number of allylic oxidation sites excluding steroid dienone is 1. The summed E-state index contributed by atoms with van der Waals surface area (Å²) in [6.45, 7) is 8.42. The Hall–Kier alpha value is -0.780. The lowest BCUT2D eigenvalue weighted by atomic mass is 10.1. The molecule has 0 spiro atoms. The summed E-state index contributed by atoms with van der Waals surface area (Å²) in [5.74, 6) is 5.29. The topological polar surface area (TPSA) is 32.3 Å². The summed E-state index contributed by atoms with van der Waals surface area (Å²) in [6.07, 6.45) is 1.47. The van der Waals surface area contributed by atoms with Crippen LogP contribution in [0.5, 0.6) is 0 Å². The van der Waals surface area contributed by atoms with Crippen molar-refractivity contribution in [2.75, 3.05) is 13.1 Å². The van der Waals surface area contributed by atoms with Gasteiger partial charge in [0, 0.05) is 6.54 Å². The van der Waals surface area contributed by atoms with Gasteiger partial charge in [-0.25, -0.2) is 0 Å². The van der Waals surface area contributed by atoms with E-state index in [-0.39, 0.29) is 0 Å². The Morgan fingerprint density at radius 2 is 2.36 bits per heavy atom. The molecule has 0 aromatic heterocycles. The predicted octanol–water partition coefficient (Wildman–Crippen LogP) is 0.536. The van der Waals surface area contributed by atoms with Gasteiger partial charge in [0.2, 0.25) is 0 Å². The molecule has 0 rings (SSSR count). The van der Waals surface area contributed by atoms with E-state index < -0.39 is 5.60 Å². The Bertz CT molecular complexity index is 174. The van der Waals surface area contributed by atoms with Crippen LogP contribution in [0, 0.1) is 11.8 Å². The van der Waals surface area contributed by atoms with E-state index in [9.17, 15) is 5.11 Å². The smallest absolute Gasteiger partial charge is 0.135 e. The average Bonchev–Trinajstić information content (AvgIpc) is 1.97. The van der Waals surface area contributed by atoms with E-state index in [1.165, 1.54) is 6.08 Å². The van der Waals surface area contributed by atoms with Crippen molar-refractivity contribution in [3.05, 3.63) is 12.7 Å². The number of hydrogen-bond donors (Lipinski definition) is 2. The van der Waals surface area contributed by atoms with Crippen LogP contribution in [0.4, 0.5) is 0 Å². The van der Waals surface area contributed by atoms with Crippen molar-refractivity contribution in [2.45, 2.75) is 19.4 Å². The molecular weight excluding hydrogens is 138 g/mol. The monoisotopic (exact) mass is 153 g/mol. The van der Waals surface area contributed by atoms with Crippen LogP contribution in [0.1, 0.15) is 13.8 Å². The predicted molar refractivity (Wildman–Crippen MR) is 47.1 cm³/mol. The summed E-state index contributed by atoms with van der Waals surface area (Å²) in [6, 6.07) is 0. The Labute approximate surface area is 68.3 Å². The first-order valence-electron chi connectivity index (χ1n) is 3.69. The molecule has 0 heterocycles. The van der Waals surface area contributed by atoms with Crippen molar-refractivity contribution in [1.82, 2.24) is 5.32 Å². The van der Waals surface area contributed by atoms with Crippen molar-refractivity contribution >= 4 is 0 Å². The lowest BCUT2D eigenvalue weighted by Gasteiger charge is -2.15. The minimum atomic E-state index is -0.940. The highest BCUT2D eigenvalue weighted by atomic mass is 16.3. The average molecular weight is 153 g/mol. The normalized spacial score (nSPS) is 14.5. The Balaban J connectivity index is 3.88. The Morgan fingerprint density at radius 3 is 2.82 bits per heavy atom. The highest BCUT2D eigenvalue weighted by Gasteiger charge is 2.14. The first-order valence-corrected chi connectivity index (χ1v) is 3.69. The second kappa shape index (κ2) is 4.95. The van der Waals surface area contributed by atoms with Gasteiger partial charge < -0.3 is 10.4 Å². The molecule has 0 aromatic carbocycles. The second-order valence-electron chi connectivity index (χ2n) is 2.53. The Morgan fingerprint density at radius 1 is 1.73 bits per heavy atom. The zero-order valence-electron chi connectivity index (χ0n) is 7.15. The largest absolute Gasteiger partial charge is 0.377 e. The van der Waals surface area contributed by atoms with Crippen LogP contribution in [0.25, 0.3) is 0 Å². The molecule has 0 radical (unpaired) electrons. The number of nitrogens with one attached hydrogen (secondary N) is 1. The van der Waals surface area contributed by atoms with Gasteiger partial charge in [0.25, 0.3) is 0 Å². The van der Waals surface area contributed by atoms with Gasteiger partial charge in [-0.2, -0.15) is 0 Å². The van der Waals surface area contributed by atoms with E-state index in [2.05, 4.69) is 23.7 Å². The van der Waals surface area contributed by atoms with Crippen molar-refractivity contribution in [3.8, 4) is 11.8 Å². The van der Waals surface area contributed by atoms with Gasteiger partial charge in [0.1, 0.15) is 5.60 Å². The molecule has 2 nitrogen and oxygen atoms in total. The molecule has 0 fully saturated rings. The summed E-state index contributed by atoms with van der Waals surface area (Å²) >= 11 is 0. The molecule has 0 aliphatic heterocycles. The van der Waals surface area contributed by atoms with E-state index in [1.807, 2.05) is 6.92 Å². The van der Waals surface area contributed by atoms with Gasteiger partial charge in [-0.3, -0.25) is 0 Å². The van der Waals surface area contributed by atoms with Crippen molar-refractivity contribution in [3.63, 3.8) is 0 Å². The molecule has 0 bridgehead atoms. The molecule has 0 aliphatic rings. The highest BCUT2D eigenvalue weighted by Crippen LogP contribution is 1.97. The Kier molecular flexibility index (Phi) is 4.60. The lowest BCUT2D eigenvalue weighted by molar-refractivity contribution is 0.121. The summed E-state index contributed by atoms with van der Waals surface area (Å²) in [7, 11) is 0. The molecule has 2 heteroatoms. The molecule has 0 aromatic rings. The van der Waals surface area contributed by atoms with Crippen molar-refractivity contribution in [1.29, 1.82) is 0 Å².